The van der Waals surface area contributed by atoms with Crippen LogP contribution in [0.5, 0.6) is 0 Å². The molecule has 0 bridgehead atoms. The van der Waals surface area contributed by atoms with E-state index in [1.54, 1.807) is 27.7 Å². The van der Waals surface area contributed by atoms with E-state index in [-0.39, 0.29) is 50.0 Å². The number of aliphatic hydroxyl groups excluding tert-OH is 2. The number of hydrogen-bond acceptors (Lipinski definition) is 11. The van der Waals surface area contributed by atoms with Gasteiger partial charge in [0.05, 0.1) is 25.6 Å². The number of nitrogens with two attached hydrogens (primary N) is 3. The Hall–Kier alpha value is -4.82. The van der Waals surface area contributed by atoms with Gasteiger partial charge in [-0.1, -0.05) is 27.7 Å². The highest BCUT2D eigenvalue weighted by Crippen LogP contribution is 2.08. The van der Waals surface area contributed by atoms with Crippen LogP contribution >= 0.6 is 0 Å². The van der Waals surface area contributed by atoms with Gasteiger partial charge < -0.3 is 64.1 Å². The van der Waals surface area contributed by atoms with Crippen molar-refractivity contribution in [3.05, 3.63) is 18.2 Å². The second-order valence-electron chi connectivity index (χ2n) is 12.1. The van der Waals surface area contributed by atoms with Crippen LogP contribution in [0.1, 0.15) is 52.7 Å². The number of aliphatic carboxylic acids is 1. The number of guanidine groups is 1. The van der Waals surface area contributed by atoms with Gasteiger partial charge >= 0.3 is 5.97 Å². The van der Waals surface area contributed by atoms with Crippen LogP contribution < -0.4 is 43.8 Å². The first-order valence-corrected chi connectivity index (χ1v) is 15.7. The normalized spacial score (nSPS) is 14.8. The van der Waals surface area contributed by atoms with Crippen molar-refractivity contribution in [3.8, 4) is 0 Å². The lowest BCUT2D eigenvalue weighted by molar-refractivity contribution is -0.142. The number of carboxylic acids is 1. The van der Waals surface area contributed by atoms with E-state index in [0.717, 1.165) is 0 Å². The first-order chi connectivity index (χ1) is 23.0. The molecule has 0 unspecified atom stereocenters. The summed E-state index contributed by atoms with van der Waals surface area (Å²) in [6.07, 6.45) is 3.03. The predicted octanol–water partition coefficient (Wildman–Crippen LogP) is -4.47. The standard InChI is InChI=1S/C29H51N11O9/c1-14(2)8-18(23(43)36-17(28(48)49)6-5-7-34-29(31)32)37-25(45)20(11-41)40-26(46)21(12-42)39-24(44)19(9-16-10-33-13-35-16)38-27(47)22(30)15(3)4/h10,13-15,17-22,41-42H,5-9,11-12,30H2,1-4H3,(H,33,35)(H,36,43)(H,37,45)(H,38,47)(H,39,44)(H,40,46)(H,48,49)(H4,31,32,34)/t17-,18-,19-,20-,21-,22-/m0/s1. The molecule has 20 heteroatoms. The molecule has 0 aliphatic heterocycles. The average molecular weight is 698 g/mol. The second kappa shape index (κ2) is 21.2. The number of H-pyrrole nitrogens is 1. The van der Waals surface area contributed by atoms with Crippen LogP contribution in [0.3, 0.4) is 0 Å². The molecule has 49 heavy (non-hydrogen) atoms. The zero-order valence-electron chi connectivity index (χ0n) is 28.1. The third-order valence-electron chi connectivity index (χ3n) is 7.16. The Balaban J connectivity index is 3.01. The third kappa shape index (κ3) is 15.3. The number of aliphatic hydroxyl groups is 2. The van der Waals surface area contributed by atoms with Crippen molar-refractivity contribution in [2.24, 2.45) is 34.0 Å². The van der Waals surface area contributed by atoms with Gasteiger partial charge in [0.15, 0.2) is 5.96 Å². The summed E-state index contributed by atoms with van der Waals surface area (Å²) in [4.78, 5) is 87.3. The highest BCUT2D eigenvalue weighted by molar-refractivity contribution is 5.96. The zero-order chi connectivity index (χ0) is 37.3. The number of hydrogen-bond donors (Lipinski definition) is 12. The number of carbonyl (C=O) groups excluding carboxylic acids is 5. The summed E-state index contributed by atoms with van der Waals surface area (Å²) in [5.41, 5.74) is 16.9. The van der Waals surface area contributed by atoms with Crippen LogP contribution in [0, 0.1) is 11.8 Å². The smallest absolute Gasteiger partial charge is 0.326 e. The molecule has 0 saturated carbocycles. The average Bonchev–Trinajstić information content (AvgIpc) is 3.54. The van der Waals surface area contributed by atoms with Crippen LogP contribution in [-0.4, -0.2) is 123 Å². The zero-order valence-corrected chi connectivity index (χ0v) is 28.1. The molecule has 6 atom stereocenters. The molecule has 1 aromatic rings. The van der Waals surface area contributed by atoms with Crippen molar-refractivity contribution in [1.29, 1.82) is 0 Å². The number of nitrogens with one attached hydrogen (secondary N) is 6. The van der Waals surface area contributed by atoms with E-state index >= 15 is 0 Å². The van der Waals surface area contributed by atoms with Gasteiger partial charge in [0, 0.05) is 24.9 Å². The predicted molar refractivity (Wildman–Crippen MR) is 176 cm³/mol. The lowest BCUT2D eigenvalue weighted by Crippen LogP contribution is -2.61. The molecule has 0 spiro atoms. The molecule has 0 aromatic carbocycles. The molecule has 1 aromatic heterocycles. The minimum absolute atomic E-state index is 0.0131. The van der Waals surface area contributed by atoms with Gasteiger partial charge in [-0.2, -0.15) is 0 Å². The molecule has 0 radical (unpaired) electrons. The van der Waals surface area contributed by atoms with Crippen LogP contribution in [0.25, 0.3) is 0 Å². The molecule has 0 aliphatic rings. The van der Waals surface area contributed by atoms with Crippen molar-refractivity contribution < 1.29 is 44.1 Å². The van der Waals surface area contributed by atoms with E-state index in [4.69, 9.17) is 17.2 Å². The van der Waals surface area contributed by atoms with Gasteiger partial charge in [-0.15, -0.1) is 0 Å². The largest absolute Gasteiger partial charge is 0.480 e. The number of imidazole rings is 1. The van der Waals surface area contributed by atoms with Crippen LogP contribution in [0.15, 0.2) is 17.5 Å². The first kappa shape index (κ1) is 42.2. The van der Waals surface area contributed by atoms with Crippen molar-refractivity contribution in [2.75, 3.05) is 19.8 Å². The summed E-state index contributed by atoms with van der Waals surface area (Å²) in [6, 6.07) is -8.02. The first-order valence-electron chi connectivity index (χ1n) is 15.7. The summed E-state index contributed by atoms with van der Waals surface area (Å²) >= 11 is 0. The number of nitrogens with zero attached hydrogens (tertiary/aromatic N) is 2. The van der Waals surface area contributed by atoms with Gasteiger partial charge in [-0.3, -0.25) is 29.0 Å². The number of rotatable bonds is 22. The van der Waals surface area contributed by atoms with E-state index in [0.29, 0.717) is 5.69 Å². The van der Waals surface area contributed by atoms with Crippen LogP contribution in [-0.2, 0) is 35.2 Å². The lowest BCUT2D eigenvalue weighted by Gasteiger charge is -2.26. The Kier molecular flexibility index (Phi) is 18.3. The van der Waals surface area contributed by atoms with E-state index in [9.17, 15) is 44.1 Å². The van der Waals surface area contributed by atoms with Gasteiger partial charge in [0.25, 0.3) is 0 Å². The number of aromatic nitrogens is 2. The van der Waals surface area contributed by atoms with E-state index < -0.39 is 85.0 Å². The Bertz CT molecular complexity index is 1270. The van der Waals surface area contributed by atoms with Crippen molar-refractivity contribution in [2.45, 2.75) is 89.6 Å². The lowest BCUT2D eigenvalue weighted by atomic mass is 10.0. The molecule has 1 heterocycles. The molecular weight excluding hydrogens is 646 g/mol. The van der Waals surface area contributed by atoms with Gasteiger partial charge in [-0.25, -0.2) is 9.78 Å². The summed E-state index contributed by atoms with van der Waals surface area (Å²) in [5, 5.41) is 41.3. The fourth-order valence-electron chi connectivity index (χ4n) is 4.34. The maximum Gasteiger partial charge on any atom is 0.326 e. The molecule has 0 fully saturated rings. The molecule has 276 valence electrons. The molecule has 1 rings (SSSR count). The monoisotopic (exact) mass is 697 g/mol. The summed E-state index contributed by atoms with van der Waals surface area (Å²) in [6.45, 7) is 5.23. The second-order valence-corrected chi connectivity index (χ2v) is 12.1. The van der Waals surface area contributed by atoms with Gasteiger partial charge in [0.2, 0.25) is 29.5 Å². The van der Waals surface area contributed by atoms with E-state index in [2.05, 4.69) is 41.5 Å². The van der Waals surface area contributed by atoms with Crippen molar-refractivity contribution in [3.63, 3.8) is 0 Å². The van der Waals surface area contributed by atoms with Crippen molar-refractivity contribution in [1.82, 2.24) is 36.6 Å². The van der Waals surface area contributed by atoms with Crippen LogP contribution in [0.2, 0.25) is 0 Å². The third-order valence-corrected chi connectivity index (χ3v) is 7.16. The Labute approximate surface area is 283 Å². The molecule has 15 N–H and O–H groups in total. The molecule has 0 saturated heterocycles. The molecule has 20 nitrogen and oxygen atoms in total. The number of carbonyl (C=O) groups is 6. The summed E-state index contributed by atoms with van der Waals surface area (Å²) < 4.78 is 0. The maximum absolute atomic E-state index is 13.2. The minimum Gasteiger partial charge on any atom is -0.480 e. The highest BCUT2D eigenvalue weighted by atomic mass is 16.4. The quantitative estimate of drug-likeness (QED) is 0.0309. The maximum atomic E-state index is 13.2. The topological polar surface area (TPSA) is 342 Å². The van der Waals surface area contributed by atoms with Gasteiger partial charge in [0.1, 0.15) is 30.2 Å². The molecule has 5 amide bonds. The number of carboxylic acid groups (broad SMARTS) is 1. The number of amides is 5. The Morgan fingerprint density at radius 2 is 1.29 bits per heavy atom. The fourth-order valence-corrected chi connectivity index (χ4v) is 4.34. The van der Waals surface area contributed by atoms with Gasteiger partial charge in [-0.05, 0) is 31.1 Å². The molecule has 0 aliphatic carbocycles. The Morgan fingerprint density at radius 1 is 0.796 bits per heavy atom. The number of aliphatic imine (C=N–C) groups is 1. The van der Waals surface area contributed by atoms with Crippen LogP contribution in [0.4, 0.5) is 0 Å². The molecular formula is C29H51N11O9. The summed E-state index contributed by atoms with van der Waals surface area (Å²) in [7, 11) is 0. The Morgan fingerprint density at radius 3 is 1.73 bits per heavy atom. The van der Waals surface area contributed by atoms with Crippen molar-refractivity contribution >= 4 is 41.5 Å². The minimum atomic E-state index is -1.64. The fraction of sp³-hybridized carbons (Fsp3) is 0.655. The highest BCUT2D eigenvalue weighted by Gasteiger charge is 2.33. The number of aromatic amines is 1. The van der Waals surface area contributed by atoms with E-state index in [1.165, 1.54) is 12.5 Å². The van der Waals surface area contributed by atoms with E-state index in [1.807, 2.05) is 0 Å². The SMILES string of the molecule is CC(C)C[C@H](NC(=O)[C@H](CO)NC(=O)[C@H](CO)NC(=O)[C@H](Cc1cnc[nH]1)NC(=O)[C@@H](N)C(C)C)C(=O)N[C@@H](CCCN=C(N)N)C(=O)O. The summed E-state index contributed by atoms with van der Waals surface area (Å²) in [5.74, 6) is -6.25.